The quantitative estimate of drug-likeness (QED) is 0.250. The molecule has 1 aromatic heterocycles. The highest BCUT2D eigenvalue weighted by atomic mass is 35.5. The molecule has 3 aromatic rings. The van der Waals surface area contributed by atoms with Crippen molar-refractivity contribution in [3.8, 4) is 0 Å². The fourth-order valence-corrected chi connectivity index (χ4v) is 6.16. The molecule has 0 saturated carbocycles. The molecule has 0 aliphatic carbocycles. The number of carbonyl (C=O) groups is 1. The monoisotopic (exact) mass is 581 g/mol. The van der Waals surface area contributed by atoms with Crippen LogP contribution < -0.4 is 19.8 Å². The lowest BCUT2D eigenvalue weighted by atomic mass is 9.96. The second kappa shape index (κ2) is 11.4. The number of ether oxygens (including phenoxy) is 1. The number of carbonyl (C=O) groups excluding carboxylic acids is 1. The number of piperazine rings is 1. The minimum Gasteiger partial charge on any atom is -0.463 e. The standard InChI is InChI=1S/C28H28ClN5O5S/c1-4-39-27(36)24-17(2)30-28-33(25(24)18-5-7-20(29)8-6-18)26(35)23(40-28)16-19-15-21(34(37)38)9-10-22(19)32-13-11-31(3)12-14-32/h5-10,15-16,25H,4,11-14H2,1-3H3/b23-16-. The number of hydrogen-bond donors (Lipinski definition) is 0. The number of aromatic nitrogens is 1. The molecule has 12 heteroatoms. The van der Waals surface area contributed by atoms with Gasteiger partial charge in [-0.3, -0.25) is 19.5 Å². The topological polar surface area (TPSA) is 110 Å². The molecular weight excluding hydrogens is 554 g/mol. The van der Waals surface area contributed by atoms with E-state index < -0.39 is 16.9 Å². The third kappa shape index (κ3) is 5.32. The van der Waals surface area contributed by atoms with E-state index in [-0.39, 0.29) is 23.4 Å². The molecule has 0 bridgehead atoms. The van der Waals surface area contributed by atoms with Crippen LogP contribution in [0.1, 0.15) is 31.0 Å². The molecule has 1 saturated heterocycles. The predicted octanol–water partition coefficient (Wildman–Crippen LogP) is 3.11. The molecule has 0 radical (unpaired) electrons. The van der Waals surface area contributed by atoms with E-state index in [0.29, 0.717) is 31.2 Å². The summed E-state index contributed by atoms with van der Waals surface area (Å²) in [5.41, 5.74) is 2.40. The van der Waals surface area contributed by atoms with Crippen LogP contribution in [-0.2, 0) is 9.53 Å². The first-order valence-corrected chi connectivity index (χ1v) is 14.0. The maximum atomic E-state index is 14.0. The molecule has 10 nitrogen and oxygen atoms in total. The molecule has 1 fully saturated rings. The first-order valence-electron chi connectivity index (χ1n) is 12.8. The summed E-state index contributed by atoms with van der Waals surface area (Å²) in [5, 5.41) is 12.1. The van der Waals surface area contributed by atoms with Gasteiger partial charge in [-0.2, -0.15) is 0 Å². The van der Waals surface area contributed by atoms with Crippen molar-refractivity contribution in [1.29, 1.82) is 0 Å². The summed E-state index contributed by atoms with van der Waals surface area (Å²) in [6.07, 6.45) is 1.69. The molecule has 0 spiro atoms. The van der Waals surface area contributed by atoms with Gasteiger partial charge in [0.2, 0.25) is 0 Å². The Bertz CT molecular complexity index is 1690. The third-order valence-electron chi connectivity index (χ3n) is 7.06. The van der Waals surface area contributed by atoms with Gasteiger partial charge in [0.1, 0.15) is 0 Å². The van der Waals surface area contributed by atoms with E-state index in [1.165, 1.54) is 28.0 Å². The Morgan fingerprint density at radius 2 is 1.90 bits per heavy atom. The number of fused-ring (bicyclic) bond motifs is 1. The van der Waals surface area contributed by atoms with Crippen molar-refractivity contribution < 1.29 is 14.5 Å². The van der Waals surface area contributed by atoms with Crippen molar-refractivity contribution in [2.24, 2.45) is 4.99 Å². The molecule has 40 heavy (non-hydrogen) atoms. The van der Waals surface area contributed by atoms with E-state index in [1.54, 1.807) is 50.3 Å². The van der Waals surface area contributed by atoms with Gasteiger partial charge in [-0.15, -0.1) is 0 Å². The minimum atomic E-state index is -0.767. The summed E-state index contributed by atoms with van der Waals surface area (Å²) in [6.45, 7) is 6.85. The van der Waals surface area contributed by atoms with Gasteiger partial charge in [-0.1, -0.05) is 35.1 Å². The Morgan fingerprint density at radius 3 is 2.55 bits per heavy atom. The fourth-order valence-electron chi connectivity index (χ4n) is 5.00. The second-order valence-corrected chi connectivity index (χ2v) is 11.1. The number of benzene rings is 2. The number of nitro groups is 1. The average Bonchev–Trinajstić information content (AvgIpc) is 3.23. The highest BCUT2D eigenvalue weighted by Gasteiger charge is 2.33. The maximum absolute atomic E-state index is 14.0. The molecule has 0 N–H and O–H groups in total. The van der Waals surface area contributed by atoms with Gasteiger partial charge in [0, 0.05) is 54.6 Å². The Hall–Kier alpha value is -3.80. The van der Waals surface area contributed by atoms with Crippen LogP contribution in [0.5, 0.6) is 0 Å². The first kappa shape index (κ1) is 27.8. The van der Waals surface area contributed by atoms with Crippen LogP contribution in [-0.4, -0.2) is 60.2 Å². The SMILES string of the molecule is CCOC(=O)C1=C(C)N=c2s/c(=C\c3cc([N+](=O)[O-])ccc3N3CCN(C)CC3)c(=O)n2C1c1ccc(Cl)cc1. The number of rotatable bonds is 6. The third-order valence-corrected chi connectivity index (χ3v) is 8.29. The second-order valence-electron chi connectivity index (χ2n) is 9.64. The molecule has 3 heterocycles. The van der Waals surface area contributed by atoms with Gasteiger partial charge in [-0.25, -0.2) is 9.79 Å². The minimum absolute atomic E-state index is 0.0589. The molecule has 1 atom stereocenters. The number of nitrogens with zero attached hydrogens (tertiary/aromatic N) is 5. The molecule has 208 valence electrons. The predicted molar refractivity (Wildman–Crippen MR) is 155 cm³/mol. The van der Waals surface area contributed by atoms with E-state index in [2.05, 4.69) is 21.8 Å². The summed E-state index contributed by atoms with van der Waals surface area (Å²) in [7, 11) is 2.05. The number of non-ortho nitro benzene ring substituents is 1. The van der Waals surface area contributed by atoms with E-state index in [0.717, 1.165) is 31.9 Å². The summed E-state index contributed by atoms with van der Waals surface area (Å²) in [4.78, 5) is 47.6. The van der Waals surface area contributed by atoms with Crippen LogP contribution in [0.15, 0.2) is 63.5 Å². The number of esters is 1. The van der Waals surface area contributed by atoms with Crippen LogP contribution >= 0.6 is 22.9 Å². The van der Waals surface area contributed by atoms with Crippen molar-refractivity contribution in [2.75, 3.05) is 44.7 Å². The number of halogens is 1. The van der Waals surface area contributed by atoms with Crippen LogP contribution in [0.3, 0.4) is 0 Å². The van der Waals surface area contributed by atoms with Gasteiger partial charge in [0.15, 0.2) is 4.80 Å². The Kier molecular flexibility index (Phi) is 7.88. The number of thiazole rings is 1. The number of likely N-dealkylation sites (N-methyl/N-ethyl adjacent to an activating group) is 1. The maximum Gasteiger partial charge on any atom is 0.338 e. The van der Waals surface area contributed by atoms with E-state index in [4.69, 9.17) is 16.3 Å². The molecular formula is C28H28ClN5O5S. The Balaban J connectivity index is 1.70. The fraction of sp³-hybridized carbons (Fsp3) is 0.321. The van der Waals surface area contributed by atoms with E-state index >= 15 is 0 Å². The Morgan fingerprint density at radius 1 is 1.20 bits per heavy atom. The van der Waals surface area contributed by atoms with Crippen LogP contribution in [0.4, 0.5) is 11.4 Å². The molecule has 2 aromatic carbocycles. The van der Waals surface area contributed by atoms with Crippen LogP contribution in [0.25, 0.3) is 6.08 Å². The molecule has 2 aliphatic rings. The van der Waals surface area contributed by atoms with Crippen molar-refractivity contribution >= 4 is 46.4 Å². The molecule has 2 aliphatic heterocycles. The number of allylic oxidation sites excluding steroid dienone is 1. The largest absolute Gasteiger partial charge is 0.463 e. The molecule has 5 rings (SSSR count). The smallest absolute Gasteiger partial charge is 0.338 e. The first-order chi connectivity index (χ1) is 19.2. The zero-order valence-corrected chi connectivity index (χ0v) is 23.9. The summed E-state index contributed by atoms with van der Waals surface area (Å²) >= 11 is 7.31. The van der Waals surface area contributed by atoms with E-state index in [9.17, 15) is 19.7 Å². The number of hydrogen-bond acceptors (Lipinski definition) is 9. The normalized spacial score (nSPS) is 17.9. The highest BCUT2D eigenvalue weighted by molar-refractivity contribution is 7.07. The van der Waals surface area contributed by atoms with Gasteiger partial charge in [-0.05, 0) is 50.7 Å². The zero-order valence-electron chi connectivity index (χ0n) is 22.3. The highest BCUT2D eigenvalue weighted by Crippen LogP contribution is 2.32. The van der Waals surface area contributed by atoms with Crippen LogP contribution in [0.2, 0.25) is 5.02 Å². The van der Waals surface area contributed by atoms with Gasteiger partial charge >= 0.3 is 5.97 Å². The van der Waals surface area contributed by atoms with Crippen LogP contribution in [0, 0.1) is 10.1 Å². The molecule has 0 amide bonds. The summed E-state index contributed by atoms with van der Waals surface area (Å²) < 4.78 is 7.18. The van der Waals surface area contributed by atoms with Crippen molar-refractivity contribution in [3.05, 3.63) is 99.7 Å². The molecule has 1 unspecified atom stereocenters. The lowest BCUT2D eigenvalue weighted by molar-refractivity contribution is -0.384. The lowest BCUT2D eigenvalue weighted by Crippen LogP contribution is -2.44. The van der Waals surface area contributed by atoms with Crippen molar-refractivity contribution in [3.63, 3.8) is 0 Å². The average molecular weight is 582 g/mol. The summed E-state index contributed by atoms with van der Waals surface area (Å²) in [6, 6.07) is 10.9. The lowest BCUT2D eigenvalue weighted by Gasteiger charge is -2.34. The van der Waals surface area contributed by atoms with Gasteiger partial charge in [0.25, 0.3) is 11.2 Å². The van der Waals surface area contributed by atoms with Crippen molar-refractivity contribution in [2.45, 2.75) is 19.9 Å². The number of nitro benzene ring substituents is 1. The van der Waals surface area contributed by atoms with E-state index in [1.807, 2.05) is 0 Å². The van der Waals surface area contributed by atoms with Gasteiger partial charge < -0.3 is 14.5 Å². The van der Waals surface area contributed by atoms with Crippen molar-refractivity contribution in [1.82, 2.24) is 9.47 Å². The Labute approximate surface area is 239 Å². The summed E-state index contributed by atoms with van der Waals surface area (Å²) in [5.74, 6) is -0.547. The number of anilines is 1. The van der Waals surface area contributed by atoms with Gasteiger partial charge in [0.05, 0.1) is 33.4 Å². The zero-order chi connectivity index (χ0) is 28.6.